The number of aromatic nitrogens is 3. The highest BCUT2D eigenvalue weighted by Crippen LogP contribution is 2.37. The Morgan fingerprint density at radius 1 is 1.10 bits per heavy atom. The second kappa shape index (κ2) is 7.00. The number of hydrogen-bond donors (Lipinski definition) is 0. The summed E-state index contributed by atoms with van der Waals surface area (Å²) in [4.78, 5) is 28.6. The molecule has 2 aromatic heterocycles. The molecule has 0 spiro atoms. The highest BCUT2D eigenvalue weighted by atomic mass is 16.7. The number of hydrogen-bond acceptors (Lipinski definition) is 5. The second-order valence-electron chi connectivity index (χ2n) is 9.03. The van der Waals surface area contributed by atoms with E-state index < -0.39 is 0 Å². The van der Waals surface area contributed by atoms with Gasteiger partial charge in [-0.2, -0.15) is 0 Å². The van der Waals surface area contributed by atoms with Gasteiger partial charge in [-0.15, -0.1) is 5.10 Å². The number of amides is 1. The van der Waals surface area contributed by atoms with E-state index in [0.29, 0.717) is 34.6 Å². The molecule has 2 aliphatic heterocycles. The quantitative estimate of drug-likeness (QED) is 0.635. The van der Waals surface area contributed by atoms with E-state index in [1.54, 1.807) is 4.40 Å². The first kappa shape index (κ1) is 18.7. The summed E-state index contributed by atoms with van der Waals surface area (Å²) in [6, 6.07) is 6.01. The predicted octanol–water partition coefficient (Wildman–Crippen LogP) is 2.87. The first-order valence-corrected chi connectivity index (χ1v) is 11.2. The lowest BCUT2D eigenvalue weighted by molar-refractivity contribution is -0.138. The minimum atomic E-state index is -0.298. The van der Waals surface area contributed by atoms with E-state index in [2.05, 4.69) is 5.10 Å². The summed E-state index contributed by atoms with van der Waals surface area (Å²) in [6.07, 6.45) is 6.99. The maximum atomic E-state index is 13.3. The lowest BCUT2D eigenvalue weighted by Gasteiger charge is -2.44. The average Bonchev–Trinajstić information content (AvgIpc) is 3.36. The molecule has 2 fully saturated rings. The summed E-state index contributed by atoms with van der Waals surface area (Å²) in [6.45, 7) is 2.87. The van der Waals surface area contributed by atoms with Crippen LogP contribution >= 0.6 is 0 Å². The van der Waals surface area contributed by atoms with Crippen molar-refractivity contribution in [2.24, 2.45) is 5.92 Å². The summed E-state index contributed by atoms with van der Waals surface area (Å²) in [5, 5.41) is 5.42. The zero-order chi connectivity index (χ0) is 21.1. The van der Waals surface area contributed by atoms with Crippen LogP contribution in [0.25, 0.3) is 16.6 Å². The van der Waals surface area contributed by atoms with E-state index >= 15 is 0 Å². The number of ether oxygens (including phenoxy) is 2. The SMILES string of the molecule is Cc1cc2cc3c(cc2n2c(=O)n(CC(=O)N4CCC[C@@H]5CCCC[C@H]54)nc12)OCO3. The topological polar surface area (TPSA) is 78.1 Å². The van der Waals surface area contributed by atoms with Crippen molar-refractivity contribution in [1.29, 1.82) is 0 Å². The van der Waals surface area contributed by atoms with Crippen molar-refractivity contribution < 1.29 is 14.3 Å². The van der Waals surface area contributed by atoms with Crippen molar-refractivity contribution in [1.82, 2.24) is 19.1 Å². The van der Waals surface area contributed by atoms with Gasteiger partial charge in [0.25, 0.3) is 0 Å². The van der Waals surface area contributed by atoms with Gasteiger partial charge in [-0.1, -0.05) is 12.8 Å². The fourth-order valence-corrected chi connectivity index (χ4v) is 5.69. The summed E-state index contributed by atoms with van der Waals surface area (Å²) < 4.78 is 13.9. The third-order valence-electron chi connectivity index (χ3n) is 7.18. The van der Waals surface area contributed by atoms with Crippen molar-refractivity contribution in [3.8, 4) is 11.5 Å². The fraction of sp³-hybridized carbons (Fsp3) is 0.522. The number of pyridine rings is 1. The third-order valence-corrected chi connectivity index (χ3v) is 7.18. The Morgan fingerprint density at radius 2 is 1.87 bits per heavy atom. The average molecular weight is 422 g/mol. The molecule has 1 amide bonds. The van der Waals surface area contributed by atoms with E-state index in [1.807, 2.05) is 30.0 Å². The Kier molecular flexibility index (Phi) is 4.23. The number of fused-ring (bicyclic) bond motifs is 5. The lowest BCUT2D eigenvalue weighted by atomic mass is 9.78. The Morgan fingerprint density at radius 3 is 2.74 bits per heavy atom. The van der Waals surface area contributed by atoms with Crippen LogP contribution in [0.1, 0.15) is 44.1 Å². The Bertz CT molecular complexity index is 1260. The Balaban J connectivity index is 1.39. The first-order chi connectivity index (χ1) is 15.1. The zero-order valence-electron chi connectivity index (χ0n) is 17.7. The number of piperidine rings is 1. The van der Waals surface area contributed by atoms with Crippen LogP contribution in [-0.2, 0) is 11.3 Å². The van der Waals surface area contributed by atoms with Gasteiger partial charge in [-0.3, -0.25) is 4.79 Å². The molecule has 1 saturated carbocycles. The van der Waals surface area contributed by atoms with Gasteiger partial charge in [0.2, 0.25) is 12.7 Å². The van der Waals surface area contributed by atoms with Gasteiger partial charge >= 0.3 is 5.69 Å². The number of nitrogens with zero attached hydrogens (tertiary/aromatic N) is 4. The van der Waals surface area contributed by atoms with Crippen LogP contribution < -0.4 is 15.2 Å². The first-order valence-electron chi connectivity index (χ1n) is 11.2. The fourth-order valence-electron chi connectivity index (χ4n) is 5.69. The molecule has 1 saturated heterocycles. The summed E-state index contributed by atoms with van der Waals surface area (Å²) in [7, 11) is 0. The van der Waals surface area contributed by atoms with Crippen LogP contribution in [0.5, 0.6) is 11.5 Å². The van der Waals surface area contributed by atoms with Gasteiger partial charge in [0.1, 0.15) is 6.54 Å². The molecule has 162 valence electrons. The van der Waals surface area contributed by atoms with Crippen molar-refractivity contribution in [2.45, 2.75) is 58.0 Å². The van der Waals surface area contributed by atoms with Crippen LogP contribution in [-0.4, -0.2) is 44.4 Å². The lowest BCUT2D eigenvalue weighted by Crippen LogP contribution is -2.51. The van der Waals surface area contributed by atoms with E-state index in [4.69, 9.17) is 9.47 Å². The molecule has 3 aromatic rings. The van der Waals surface area contributed by atoms with E-state index in [-0.39, 0.29) is 24.9 Å². The minimum absolute atomic E-state index is 0.00156. The molecule has 0 bridgehead atoms. The second-order valence-corrected chi connectivity index (χ2v) is 9.03. The predicted molar refractivity (Wildman–Crippen MR) is 115 cm³/mol. The maximum Gasteiger partial charge on any atom is 0.351 e. The van der Waals surface area contributed by atoms with Crippen LogP contribution in [0, 0.1) is 12.8 Å². The van der Waals surface area contributed by atoms with Crippen LogP contribution in [0.15, 0.2) is 23.0 Å². The normalized spacial score (nSPS) is 22.8. The van der Waals surface area contributed by atoms with Crippen LogP contribution in [0.4, 0.5) is 0 Å². The largest absolute Gasteiger partial charge is 0.454 e. The molecule has 1 aromatic carbocycles. The summed E-state index contributed by atoms with van der Waals surface area (Å²) >= 11 is 0. The van der Waals surface area contributed by atoms with Gasteiger partial charge in [0.15, 0.2) is 17.1 Å². The minimum Gasteiger partial charge on any atom is -0.454 e. The molecular weight excluding hydrogens is 396 g/mol. The number of carbonyl (C=O) groups is 1. The molecule has 0 radical (unpaired) electrons. The van der Waals surface area contributed by atoms with E-state index in [0.717, 1.165) is 30.3 Å². The highest BCUT2D eigenvalue weighted by molar-refractivity contribution is 5.87. The maximum absolute atomic E-state index is 13.3. The van der Waals surface area contributed by atoms with Crippen LogP contribution in [0.3, 0.4) is 0 Å². The number of carbonyl (C=O) groups excluding carboxylic acids is 1. The number of rotatable bonds is 2. The van der Waals surface area contributed by atoms with Crippen molar-refractivity contribution in [3.63, 3.8) is 0 Å². The van der Waals surface area contributed by atoms with Gasteiger partial charge in [0, 0.05) is 24.0 Å². The summed E-state index contributed by atoms with van der Waals surface area (Å²) in [5.41, 5.74) is 1.85. The number of benzene rings is 1. The molecule has 0 N–H and O–H groups in total. The van der Waals surface area contributed by atoms with Crippen molar-refractivity contribution in [2.75, 3.05) is 13.3 Å². The molecule has 2 atom stereocenters. The number of likely N-dealkylation sites (tertiary alicyclic amines) is 1. The Hall–Kier alpha value is -3.03. The molecule has 8 nitrogen and oxygen atoms in total. The molecule has 4 heterocycles. The van der Waals surface area contributed by atoms with E-state index in [1.165, 1.54) is 30.4 Å². The standard InChI is InChI=1S/C23H26N4O4/c1-14-9-16-10-19-20(31-13-30-19)11-18(16)27-22(14)24-26(23(27)29)12-21(28)25-8-4-6-15-5-2-3-7-17(15)25/h9-11,15,17H,2-8,12-13H2,1H3/t15-,17+/m0/s1. The van der Waals surface area contributed by atoms with Crippen molar-refractivity contribution in [3.05, 3.63) is 34.2 Å². The van der Waals surface area contributed by atoms with Gasteiger partial charge < -0.3 is 14.4 Å². The summed E-state index contributed by atoms with van der Waals surface area (Å²) in [5.74, 6) is 1.90. The van der Waals surface area contributed by atoms with Crippen LogP contribution in [0.2, 0.25) is 0 Å². The Labute approximate surface area is 179 Å². The molecular formula is C23H26N4O4. The highest BCUT2D eigenvalue weighted by Gasteiger charge is 2.36. The van der Waals surface area contributed by atoms with Gasteiger partial charge in [-0.05, 0) is 56.2 Å². The molecule has 3 aliphatic rings. The molecule has 31 heavy (non-hydrogen) atoms. The third kappa shape index (κ3) is 2.91. The van der Waals surface area contributed by atoms with Crippen molar-refractivity contribution >= 4 is 22.5 Å². The molecule has 8 heteroatoms. The van der Waals surface area contributed by atoms with Gasteiger partial charge in [-0.25, -0.2) is 13.9 Å². The smallest absolute Gasteiger partial charge is 0.351 e. The molecule has 0 unspecified atom stereocenters. The zero-order valence-corrected chi connectivity index (χ0v) is 17.7. The monoisotopic (exact) mass is 422 g/mol. The number of aryl methyl sites for hydroxylation is 1. The van der Waals surface area contributed by atoms with Gasteiger partial charge in [0.05, 0.1) is 5.52 Å². The van der Waals surface area contributed by atoms with E-state index in [9.17, 15) is 9.59 Å². The molecule has 6 rings (SSSR count). The molecule has 1 aliphatic carbocycles.